The van der Waals surface area contributed by atoms with Gasteiger partial charge in [0.2, 0.25) is 0 Å². The first-order chi connectivity index (χ1) is 14.3. The van der Waals surface area contributed by atoms with E-state index in [1.807, 2.05) is 0 Å². The monoisotopic (exact) mass is 442 g/mol. The van der Waals surface area contributed by atoms with Crippen molar-refractivity contribution in [1.29, 1.82) is 0 Å². The lowest BCUT2D eigenvalue weighted by molar-refractivity contribution is -0.0467. The Kier molecular flexibility index (Phi) is 6.18. The third-order valence-electron chi connectivity index (χ3n) is 5.56. The Morgan fingerprint density at radius 1 is 1.17 bits per heavy atom. The van der Waals surface area contributed by atoms with Gasteiger partial charge < -0.3 is 20.3 Å². The maximum Gasteiger partial charge on any atom is 0.333 e. The molecule has 2 fully saturated rings. The molecular formula is C17H26N6O6S. The summed E-state index contributed by atoms with van der Waals surface area (Å²) in [5, 5.41) is 28.9. The van der Waals surface area contributed by atoms with Gasteiger partial charge in [0, 0.05) is 6.04 Å². The number of hydrogen-bond acceptors (Lipinski definition) is 10. The van der Waals surface area contributed by atoms with Crippen molar-refractivity contribution in [3.05, 3.63) is 12.7 Å². The standard InChI is InChI=1S/C17H26N6O6S/c18-30(26,27)28-7-11-13(24)14(25)17(29-11)23-9-21-12-15(19-8-20-16(12)23)22-10-5-3-1-2-4-6-10/h8-11,13-14,17,24-25H,1-7H2,(H2,18,26,27)(H,19,20,22)/t11-,13-,14-,17-/m1/s1. The second-order valence-corrected chi connectivity index (χ2v) is 8.92. The molecule has 0 unspecified atom stereocenters. The Morgan fingerprint density at radius 3 is 2.60 bits per heavy atom. The molecule has 2 aromatic heterocycles. The van der Waals surface area contributed by atoms with Crippen molar-refractivity contribution >= 4 is 27.3 Å². The number of aromatic nitrogens is 4. The van der Waals surface area contributed by atoms with E-state index in [0.717, 1.165) is 12.8 Å². The number of rotatable bonds is 6. The molecule has 4 rings (SSSR count). The van der Waals surface area contributed by atoms with Gasteiger partial charge in [0.15, 0.2) is 23.2 Å². The molecule has 0 spiro atoms. The van der Waals surface area contributed by atoms with Crippen LogP contribution in [0.4, 0.5) is 5.82 Å². The van der Waals surface area contributed by atoms with E-state index >= 15 is 0 Å². The highest BCUT2D eigenvalue weighted by atomic mass is 32.2. The summed E-state index contributed by atoms with van der Waals surface area (Å²) < 4.78 is 33.6. The molecule has 3 heterocycles. The third-order valence-corrected chi connectivity index (χ3v) is 6.03. The fraction of sp³-hybridized carbons (Fsp3) is 0.706. The fourth-order valence-corrected chi connectivity index (χ4v) is 4.34. The summed E-state index contributed by atoms with van der Waals surface area (Å²) in [7, 11) is -4.20. The van der Waals surface area contributed by atoms with E-state index in [1.165, 1.54) is 42.9 Å². The van der Waals surface area contributed by atoms with Gasteiger partial charge in [0.05, 0.1) is 12.9 Å². The third kappa shape index (κ3) is 4.55. The molecule has 0 radical (unpaired) electrons. The van der Waals surface area contributed by atoms with Gasteiger partial charge in [-0.3, -0.25) is 8.75 Å². The summed E-state index contributed by atoms with van der Waals surface area (Å²) in [5.74, 6) is 0.604. The number of anilines is 1. The van der Waals surface area contributed by atoms with E-state index in [0.29, 0.717) is 23.0 Å². The van der Waals surface area contributed by atoms with E-state index in [1.54, 1.807) is 0 Å². The molecule has 1 saturated carbocycles. The van der Waals surface area contributed by atoms with Crippen LogP contribution in [0.25, 0.3) is 11.2 Å². The van der Waals surface area contributed by atoms with Crippen molar-refractivity contribution in [3.8, 4) is 0 Å². The molecular weight excluding hydrogens is 416 g/mol. The van der Waals surface area contributed by atoms with Gasteiger partial charge in [-0.2, -0.15) is 8.42 Å². The second kappa shape index (κ2) is 8.69. The van der Waals surface area contributed by atoms with Crippen molar-refractivity contribution in [2.24, 2.45) is 5.14 Å². The average molecular weight is 442 g/mol. The SMILES string of the molecule is NS(=O)(=O)OC[C@H]1O[C@@H](n2cnc3c(NC4CCCCCC4)ncnc32)[C@H](O)[C@@H]1O. The first-order valence-electron chi connectivity index (χ1n) is 9.96. The molecule has 4 atom stereocenters. The summed E-state index contributed by atoms with van der Waals surface area (Å²) in [6.45, 7) is -0.524. The largest absolute Gasteiger partial charge is 0.387 e. The molecule has 2 aliphatic rings. The Bertz CT molecular complexity index is 976. The van der Waals surface area contributed by atoms with Gasteiger partial charge in [0.1, 0.15) is 24.6 Å². The van der Waals surface area contributed by atoms with Gasteiger partial charge in [-0.05, 0) is 12.8 Å². The Morgan fingerprint density at radius 2 is 1.90 bits per heavy atom. The molecule has 1 aliphatic heterocycles. The van der Waals surface area contributed by atoms with E-state index in [4.69, 9.17) is 9.88 Å². The van der Waals surface area contributed by atoms with Gasteiger partial charge in [-0.1, -0.05) is 25.7 Å². The summed E-state index contributed by atoms with van der Waals surface area (Å²) in [6.07, 6.45) is 4.95. The smallest absolute Gasteiger partial charge is 0.333 e. The summed E-state index contributed by atoms with van der Waals surface area (Å²) >= 11 is 0. The number of nitrogens with zero attached hydrogens (tertiary/aromatic N) is 4. The van der Waals surface area contributed by atoms with E-state index in [2.05, 4.69) is 24.5 Å². The van der Waals surface area contributed by atoms with Gasteiger partial charge >= 0.3 is 10.3 Å². The van der Waals surface area contributed by atoms with Crippen LogP contribution >= 0.6 is 0 Å². The first-order valence-corrected chi connectivity index (χ1v) is 11.4. The topological polar surface area (TPSA) is 175 Å². The number of aliphatic hydroxyl groups is 2. The van der Waals surface area contributed by atoms with Crippen LogP contribution in [0.3, 0.4) is 0 Å². The van der Waals surface area contributed by atoms with Crippen molar-refractivity contribution in [2.75, 3.05) is 11.9 Å². The molecule has 30 heavy (non-hydrogen) atoms. The van der Waals surface area contributed by atoms with Crippen LogP contribution in [0.2, 0.25) is 0 Å². The van der Waals surface area contributed by atoms with Crippen LogP contribution in [-0.2, 0) is 19.2 Å². The van der Waals surface area contributed by atoms with Crippen LogP contribution < -0.4 is 10.5 Å². The minimum atomic E-state index is -4.20. The van der Waals surface area contributed by atoms with Crippen LogP contribution in [0, 0.1) is 0 Å². The number of ether oxygens (including phenoxy) is 1. The lowest BCUT2D eigenvalue weighted by atomic mass is 10.1. The lowest BCUT2D eigenvalue weighted by Crippen LogP contribution is -2.35. The van der Waals surface area contributed by atoms with E-state index in [9.17, 15) is 18.6 Å². The molecule has 0 amide bonds. The molecule has 0 aromatic carbocycles. The maximum atomic E-state index is 11.0. The van der Waals surface area contributed by atoms with Crippen LogP contribution in [0.15, 0.2) is 12.7 Å². The number of nitrogens with two attached hydrogens (primary N) is 1. The van der Waals surface area contributed by atoms with Crippen molar-refractivity contribution in [1.82, 2.24) is 19.5 Å². The Balaban J connectivity index is 1.54. The minimum Gasteiger partial charge on any atom is -0.387 e. The van der Waals surface area contributed by atoms with Crippen LogP contribution in [0.1, 0.15) is 44.8 Å². The van der Waals surface area contributed by atoms with Gasteiger partial charge in [-0.15, -0.1) is 0 Å². The number of nitrogens with one attached hydrogen (secondary N) is 1. The van der Waals surface area contributed by atoms with Crippen molar-refractivity contribution in [3.63, 3.8) is 0 Å². The highest BCUT2D eigenvalue weighted by Gasteiger charge is 2.45. The molecule has 12 nitrogen and oxygen atoms in total. The zero-order valence-electron chi connectivity index (χ0n) is 16.3. The molecule has 1 aliphatic carbocycles. The average Bonchev–Trinajstić information content (AvgIpc) is 3.12. The van der Waals surface area contributed by atoms with E-state index < -0.39 is 41.5 Å². The van der Waals surface area contributed by atoms with Crippen molar-refractivity contribution in [2.45, 2.75) is 69.1 Å². The van der Waals surface area contributed by atoms with Crippen LogP contribution in [0.5, 0.6) is 0 Å². The maximum absolute atomic E-state index is 11.0. The highest BCUT2D eigenvalue weighted by molar-refractivity contribution is 7.84. The predicted octanol–water partition coefficient (Wildman–Crippen LogP) is -0.200. The number of hydrogen-bond donors (Lipinski definition) is 4. The summed E-state index contributed by atoms with van der Waals surface area (Å²) in [6, 6.07) is 0.311. The Hall–Kier alpha value is -1.90. The molecule has 13 heteroatoms. The minimum absolute atomic E-state index is 0.311. The van der Waals surface area contributed by atoms with Gasteiger partial charge in [-0.25, -0.2) is 20.1 Å². The first kappa shape index (κ1) is 21.3. The normalized spacial score (nSPS) is 28.6. The molecule has 5 N–H and O–H groups in total. The highest BCUT2D eigenvalue weighted by Crippen LogP contribution is 2.33. The summed E-state index contributed by atoms with van der Waals surface area (Å²) in [4.78, 5) is 13.0. The quantitative estimate of drug-likeness (QED) is 0.438. The van der Waals surface area contributed by atoms with Gasteiger partial charge in [0.25, 0.3) is 0 Å². The lowest BCUT2D eigenvalue weighted by Gasteiger charge is -2.18. The number of fused-ring (bicyclic) bond motifs is 1. The van der Waals surface area contributed by atoms with E-state index in [-0.39, 0.29) is 0 Å². The molecule has 1 saturated heterocycles. The predicted molar refractivity (Wildman–Crippen MR) is 105 cm³/mol. The number of aliphatic hydroxyl groups excluding tert-OH is 2. The van der Waals surface area contributed by atoms with Crippen LogP contribution in [-0.4, -0.2) is 69.1 Å². The molecule has 2 aromatic rings. The Labute approximate surface area is 173 Å². The zero-order valence-corrected chi connectivity index (χ0v) is 17.1. The number of imidazole rings is 1. The zero-order chi connectivity index (χ0) is 21.3. The molecule has 166 valence electrons. The van der Waals surface area contributed by atoms with Crippen molar-refractivity contribution < 1.29 is 27.6 Å². The molecule has 0 bridgehead atoms. The summed E-state index contributed by atoms with van der Waals surface area (Å²) in [5.41, 5.74) is 0.946. The fourth-order valence-electron chi connectivity index (χ4n) is 4.02. The second-order valence-electron chi connectivity index (χ2n) is 7.70.